The predicted octanol–water partition coefficient (Wildman–Crippen LogP) is 1.31. The van der Waals surface area contributed by atoms with E-state index < -0.39 is 0 Å². The van der Waals surface area contributed by atoms with E-state index in [-0.39, 0.29) is 6.61 Å². The monoisotopic (exact) mass is 242 g/mol. The van der Waals surface area contributed by atoms with Crippen molar-refractivity contribution >= 4 is 10.9 Å². The van der Waals surface area contributed by atoms with E-state index in [2.05, 4.69) is 20.7 Å². The van der Waals surface area contributed by atoms with Crippen LogP contribution in [0.3, 0.4) is 0 Å². The minimum Gasteiger partial charge on any atom is -0.392 e. The van der Waals surface area contributed by atoms with E-state index in [1.165, 1.54) is 0 Å². The van der Waals surface area contributed by atoms with E-state index in [4.69, 9.17) is 0 Å². The second-order valence-corrected chi connectivity index (χ2v) is 4.29. The Balaban J connectivity index is 2.04. The molecule has 5 heteroatoms. The number of benzene rings is 1. The van der Waals surface area contributed by atoms with Gasteiger partial charge < -0.3 is 9.67 Å². The van der Waals surface area contributed by atoms with Crippen LogP contribution in [0.2, 0.25) is 0 Å². The summed E-state index contributed by atoms with van der Waals surface area (Å²) in [6, 6.07) is 8.03. The molecule has 1 N–H and O–H groups in total. The van der Waals surface area contributed by atoms with Crippen molar-refractivity contribution in [3.8, 4) is 0 Å². The van der Waals surface area contributed by atoms with Crippen molar-refractivity contribution in [3.05, 3.63) is 48.2 Å². The largest absolute Gasteiger partial charge is 0.392 e. The highest BCUT2D eigenvalue weighted by molar-refractivity contribution is 5.80. The van der Waals surface area contributed by atoms with Gasteiger partial charge in [-0.1, -0.05) is 12.1 Å². The number of fused-ring (bicyclic) bond motifs is 1. The third-order valence-corrected chi connectivity index (χ3v) is 3.14. The van der Waals surface area contributed by atoms with Crippen LogP contribution in [0.5, 0.6) is 0 Å². The molecule has 0 atom stereocenters. The fourth-order valence-corrected chi connectivity index (χ4v) is 2.08. The molecule has 3 rings (SSSR count). The van der Waals surface area contributed by atoms with Crippen LogP contribution in [0.25, 0.3) is 10.9 Å². The standard InChI is InChI=1S/C13H14N4O/c1-16-13(14-9-15-16)7-17-5-4-11-3-2-10(8-18)6-12(11)17/h2-6,9,18H,7-8H2,1H3. The highest BCUT2D eigenvalue weighted by Crippen LogP contribution is 2.18. The van der Waals surface area contributed by atoms with E-state index in [1.807, 2.05) is 31.4 Å². The number of nitrogens with zero attached hydrogens (tertiary/aromatic N) is 4. The van der Waals surface area contributed by atoms with E-state index >= 15 is 0 Å². The molecule has 2 aromatic heterocycles. The van der Waals surface area contributed by atoms with Gasteiger partial charge in [0, 0.05) is 18.8 Å². The smallest absolute Gasteiger partial charge is 0.146 e. The first-order chi connectivity index (χ1) is 8.78. The molecule has 2 heterocycles. The third-order valence-electron chi connectivity index (χ3n) is 3.14. The third kappa shape index (κ3) is 1.78. The van der Waals surface area contributed by atoms with Crippen LogP contribution in [-0.2, 0) is 20.2 Å². The van der Waals surface area contributed by atoms with Gasteiger partial charge in [-0.15, -0.1) is 0 Å². The van der Waals surface area contributed by atoms with Gasteiger partial charge in [0.2, 0.25) is 0 Å². The summed E-state index contributed by atoms with van der Waals surface area (Å²) in [5.74, 6) is 0.905. The zero-order valence-corrected chi connectivity index (χ0v) is 10.1. The highest BCUT2D eigenvalue weighted by atomic mass is 16.3. The van der Waals surface area contributed by atoms with Gasteiger partial charge in [-0.25, -0.2) is 4.98 Å². The molecule has 0 unspecified atom stereocenters. The molecule has 1 aromatic carbocycles. The number of aryl methyl sites for hydroxylation is 1. The molecular weight excluding hydrogens is 228 g/mol. The minimum atomic E-state index is 0.0606. The minimum absolute atomic E-state index is 0.0606. The van der Waals surface area contributed by atoms with Crippen molar-refractivity contribution in [1.29, 1.82) is 0 Å². The summed E-state index contributed by atoms with van der Waals surface area (Å²) in [6.45, 7) is 0.736. The first kappa shape index (κ1) is 11.0. The summed E-state index contributed by atoms with van der Waals surface area (Å²) in [7, 11) is 1.88. The molecule has 92 valence electrons. The molecule has 0 aliphatic heterocycles. The van der Waals surface area contributed by atoms with Gasteiger partial charge in [-0.05, 0) is 23.1 Å². The Kier molecular flexibility index (Phi) is 2.60. The van der Waals surface area contributed by atoms with E-state index in [1.54, 1.807) is 11.0 Å². The van der Waals surface area contributed by atoms with Crippen LogP contribution in [-0.4, -0.2) is 24.4 Å². The molecule has 0 fully saturated rings. The quantitative estimate of drug-likeness (QED) is 0.753. The molecule has 0 saturated carbocycles. The van der Waals surface area contributed by atoms with Crippen molar-refractivity contribution in [2.75, 3.05) is 0 Å². The van der Waals surface area contributed by atoms with Crippen LogP contribution in [0.1, 0.15) is 11.4 Å². The Morgan fingerprint density at radius 1 is 1.28 bits per heavy atom. The number of hydrogen-bond donors (Lipinski definition) is 1. The molecule has 0 aliphatic carbocycles. The maximum absolute atomic E-state index is 9.19. The summed E-state index contributed by atoms with van der Waals surface area (Å²) >= 11 is 0. The molecule has 3 aromatic rings. The van der Waals surface area contributed by atoms with Crippen LogP contribution >= 0.6 is 0 Å². The fraction of sp³-hybridized carbons (Fsp3) is 0.231. The van der Waals surface area contributed by atoms with Gasteiger partial charge in [0.1, 0.15) is 12.2 Å². The van der Waals surface area contributed by atoms with Crippen molar-refractivity contribution in [1.82, 2.24) is 19.3 Å². The Hall–Kier alpha value is -2.14. The second-order valence-electron chi connectivity index (χ2n) is 4.29. The van der Waals surface area contributed by atoms with Crippen molar-refractivity contribution in [3.63, 3.8) is 0 Å². The van der Waals surface area contributed by atoms with E-state index in [0.29, 0.717) is 6.54 Å². The van der Waals surface area contributed by atoms with Crippen molar-refractivity contribution in [2.24, 2.45) is 7.05 Å². The maximum atomic E-state index is 9.19. The zero-order valence-electron chi connectivity index (χ0n) is 10.1. The average Bonchev–Trinajstić information content (AvgIpc) is 2.97. The van der Waals surface area contributed by atoms with Crippen LogP contribution in [0, 0.1) is 0 Å². The van der Waals surface area contributed by atoms with Gasteiger partial charge in [0.05, 0.1) is 13.2 Å². The number of aromatic nitrogens is 4. The van der Waals surface area contributed by atoms with Gasteiger partial charge >= 0.3 is 0 Å². The number of aliphatic hydroxyl groups is 1. The highest BCUT2D eigenvalue weighted by Gasteiger charge is 2.06. The molecule has 5 nitrogen and oxygen atoms in total. The molecule has 0 spiro atoms. The first-order valence-electron chi connectivity index (χ1n) is 5.79. The fourth-order valence-electron chi connectivity index (χ4n) is 2.08. The van der Waals surface area contributed by atoms with Gasteiger partial charge in [-0.2, -0.15) is 5.10 Å². The average molecular weight is 242 g/mol. The van der Waals surface area contributed by atoms with E-state index in [9.17, 15) is 5.11 Å². The molecule has 0 amide bonds. The molecular formula is C13H14N4O. The number of aliphatic hydroxyl groups excluding tert-OH is 1. The lowest BCUT2D eigenvalue weighted by Crippen LogP contribution is -2.05. The predicted molar refractivity (Wildman–Crippen MR) is 68.0 cm³/mol. The Morgan fingerprint density at radius 3 is 2.89 bits per heavy atom. The summed E-state index contributed by atoms with van der Waals surface area (Å²) in [5.41, 5.74) is 2.02. The summed E-state index contributed by atoms with van der Waals surface area (Å²) < 4.78 is 3.88. The molecule has 0 saturated heterocycles. The molecule has 0 bridgehead atoms. The van der Waals surface area contributed by atoms with Gasteiger partial charge in [0.25, 0.3) is 0 Å². The Bertz CT molecular complexity index is 683. The zero-order chi connectivity index (χ0) is 12.5. The summed E-state index contributed by atoms with van der Waals surface area (Å²) in [5, 5.41) is 14.4. The topological polar surface area (TPSA) is 55.9 Å². The number of rotatable bonds is 3. The number of hydrogen-bond acceptors (Lipinski definition) is 3. The molecule has 18 heavy (non-hydrogen) atoms. The van der Waals surface area contributed by atoms with Crippen molar-refractivity contribution < 1.29 is 5.11 Å². The SMILES string of the molecule is Cn1ncnc1Cn1ccc2ccc(CO)cc21. The van der Waals surface area contributed by atoms with Crippen molar-refractivity contribution in [2.45, 2.75) is 13.2 Å². The lowest BCUT2D eigenvalue weighted by Gasteiger charge is -2.05. The molecule has 0 aliphatic rings. The van der Waals surface area contributed by atoms with E-state index in [0.717, 1.165) is 22.3 Å². The first-order valence-corrected chi connectivity index (χ1v) is 5.79. The maximum Gasteiger partial charge on any atom is 0.146 e. The lowest BCUT2D eigenvalue weighted by atomic mass is 10.2. The normalized spacial score (nSPS) is 11.2. The Labute approximate surface area is 104 Å². The summed E-state index contributed by atoms with van der Waals surface area (Å²) in [4.78, 5) is 4.22. The van der Waals surface area contributed by atoms with Crippen LogP contribution in [0.15, 0.2) is 36.8 Å². The van der Waals surface area contributed by atoms with Gasteiger partial charge in [-0.3, -0.25) is 4.68 Å². The molecule has 0 radical (unpaired) electrons. The Morgan fingerprint density at radius 2 is 2.17 bits per heavy atom. The lowest BCUT2D eigenvalue weighted by molar-refractivity contribution is 0.282. The van der Waals surface area contributed by atoms with Crippen LogP contribution in [0.4, 0.5) is 0 Å². The van der Waals surface area contributed by atoms with Crippen LogP contribution < -0.4 is 0 Å². The second kappa shape index (κ2) is 4.27. The summed E-state index contributed by atoms with van der Waals surface area (Å²) in [6.07, 6.45) is 3.58. The van der Waals surface area contributed by atoms with Gasteiger partial charge in [0.15, 0.2) is 0 Å².